The summed E-state index contributed by atoms with van der Waals surface area (Å²) in [6, 6.07) is 3.38. The van der Waals surface area contributed by atoms with Gasteiger partial charge in [-0.25, -0.2) is 0 Å². The highest BCUT2D eigenvalue weighted by atomic mass is 16.5. The highest BCUT2D eigenvalue weighted by Gasteiger charge is 2.16. The van der Waals surface area contributed by atoms with Crippen LogP contribution in [0.25, 0.3) is 11.5 Å². The Hall–Kier alpha value is -2.90. The van der Waals surface area contributed by atoms with Gasteiger partial charge in [0.15, 0.2) is 5.69 Å². The number of aryl methyl sites for hydroxylation is 3. The molecule has 8 nitrogen and oxygen atoms in total. The molecule has 22 heavy (non-hydrogen) atoms. The molecule has 8 heteroatoms. The average Bonchev–Trinajstić information content (AvgIpc) is 3.16. The second-order valence-electron chi connectivity index (χ2n) is 4.84. The Balaban J connectivity index is 1.66. The highest BCUT2D eigenvalue weighted by Crippen LogP contribution is 2.16. The molecular weight excluding hydrogens is 288 g/mol. The number of rotatable bonds is 4. The first-order valence-corrected chi connectivity index (χ1v) is 6.64. The van der Waals surface area contributed by atoms with Gasteiger partial charge in [-0.2, -0.15) is 4.98 Å². The molecule has 0 aliphatic carbocycles. The first-order valence-electron chi connectivity index (χ1n) is 6.64. The lowest BCUT2D eigenvalue weighted by Crippen LogP contribution is -2.23. The predicted molar refractivity (Wildman–Crippen MR) is 73.9 cm³/mol. The number of furan rings is 1. The molecule has 0 saturated heterocycles. The summed E-state index contributed by atoms with van der Waals surface area (Å²) in [5, 5.41) is 10.3. The molecular formula is C14H14N4O4. The van der Waals surface area contributed by atoms with E-state index in [0.29, 0.717) is 34.4 Å². The molecule has 3 aromatic rings. The minimum Gasteiger partial charge on any atom is -0.466 e. The van der Waals surface area contributed by atoms with Crippen molar-refractivity contribution < 1.29 is 18.3 Å². The van der Waals surface area contributed by atoms with Gasteiger partial charge in [0, 0.05) is 6.07 Å². The number of nitrogens with zero attached hydrogens (tertiary/aromatic N) is 3. The van der Waals surface area contributed by atoms with Crippen molar-refractivity contribution >= 4 is 5.91 Å². The quantitative estimate of drug-likeness (QED) is 0.786. The Bertz CT molecular complexity index is 815. The zero-order valence-corrected chi connectivity index (χ0v) is 12.3. The van der Waals surface area contributed by atoms with Crippen LogP contribution in [0.5, 0.6) is 0 Å². The monoisotopic (exact) mass is 302 g/mol. The Labute approximate surface area is 125 Å². The van der Waals surface area contributed by atoms with Crippen LogP contribution in [0.4, 0.5) is 0 Å². The van der Waals surface area contributed by atoms with E-state index in [2.05, 4.69) is 20.6 Å². The van der Waals surface area contributed by atoms with Gasteiger partial charge in [-0.15, -0.1) is 0 Å². The lowest BCUT2D eigenvalue weighted by Gasteiger charge is -1.99. The van der Waals surface area contributed by atoms with E-state index in [-0.39, 0.29) is 18.3 Å². The third kappa shape index (κ3) is 2.76. The number of nitrogens with one attached hydrogen (secondary N) is 1. The van der Waals surface area contributed by atoms with E-state index in [4.69, 9.17) is 13.5 Å². The number of amides is 1. The van der Waals surface area contributed by atoms with Crippen LogP contribution in [0.3, 0.4) is 0 Å². The zero-order valence-electron chi connectivity index (χ0n) is 12.3. The number of hydrogen-bond donors (Lipinski definition) is 1. The summed E-state index contributed by atoms with van der Waals surface area (Å²) >= 11 is 0. The lowest BCUT2D eigenvalue weighted by atomic mass is 10.2. The minimum absolute atomic E-state index is 0.117. The predicted octanol–water partition coefficient (Wildman–Crippen LogP) is 2.17. The topological polar surface area (TPSA) is 107 Å². The third-order valence-electron chi connectivity index (χ3n) is 3.01. The summed E-state index contributed by atoms with van der Waals surface area (Å²) < 4.78 is 15.3. The summed E-state index contributed by atoms with van der Waals surface area (Å²) in [5.41, 5.74) is 0.976. The fraction of sp³-hybridized carbons (Fsp3) is 0.286. The average molecular weight is 302 g/mol. The van der Waals surface area contributed by atoms with Crippen LogP contribution < -0.4 is 5.32 Å². The van der Waals surface area contributed by atoms with Crippen LogP contribution in [0.15, 0.2) is 25.6 Å². The summed E-state index contributed by atoms with van der Waals surface area (Å²) in [6.07, 6.45) is 0. The van der Waals surface area contributed by atoms with Crippen molar-refractivity contribution in [1.29, 1.82) is 0 Å². The summed E-state index contributed by atoms with van der Waals surface area (Å²) in [5.74, 6) is 2.24. The lowest BCUT2D eigenvalue weighted by molar-refractivity contribution is 0.0944. The van der Waals surface area contributed by atoms with Crippen LogP contribution >= 0.6 is 0 Å². The molecule has 1 amide bonds. The molecule has 0 radical (unpaired) electrons. The zero-order chi connectivity index (χ0) is 15.7. The van der Waals surface area contributed by atoms with Crippen molar-refractivity contribution in [2.24, 2.45) is 0 Å². The van der Waals surface area contributed by atoms with Crippen molar-refractivity contribution in [3.8, 4) is 11.5 Å². The maximum absolute atomic E-state index is 12.0. The standard InChI is InChI=1S/C14H14N4O4/c1-7-4-10(9(3)20-7)14(19)15-6-12-16-13(18-22-12)11-5-8(2)21-17-11/h4-5H,6H2,1-3H3,(H,15,19). The molecule has 0 spiro atoms. The molecule has 0 aliphatic rings. The van der Waals surface area contributed by atoms with E-state index in [0.717, 1.165) is 0 Å². The molecule has 0 atom stereocenters. The summed E-state index contributed by atoms with van der Waals surface area (Å²) in [6.45, 7) is 5.41. The fourth-order valence-corrected chi connectivity index (χ4v) is 2.01. The smallest absolute Gasteiger partial charge is 0.255 e. The number of hydrogen-bond acceptors (Lipinski definition) is 7. The van der Waals surface area contributed by atoms with Crippen molar-refractivity contribution in [3.63, 3.8) is 0 Å². The molecule has 3 aromatic heterocycles. The SMILES string of the molecule is Cc1cc(-c2noc(CNC(=O)c3cc(C)oc3C)n2)no1. The fourth-order valence-electron chi connectivity index (χ4n) is 2.01. The van der Waals surface area contributed by atoms with Gasteiger partial charge in [0.2, 0.25) is 11.7 Å². The molecule has 3 heterocycles. The molecule has 0 aliphatic heterocycles. The minimum atomic E-state index is -0.258. The van der Waals surface area contributed by atoms with E-state index < -0.39 is 0 Å². The Morgan fingerprint density at radius 2 is 1.95 bits per heavy atom. The van der Waals surface area contributed by atoms with E-state index in [1.54, 1.807) is 32.9 Å². The largest absolute Gasteiger partial charge is 0.466 e. The highest BCUT2D eigenvalue weighted by molar-refractivity contribution is 5.95. The molecule has 0 unspecified atom stereocenters. The first-order chi connectivity index (χ1) is 10.5. The maximum atomic E-state index is 12.0. The van der Waals surface area contributed by atoms with Gasteiger partial charge in [-0.3, -0.25) is 4.79 Å². The van der Waals surface area contributed by atoms with Crippen molar-refractivity contribution in [2.45, 2.75) is 27.3 Å². The molecule has 0 fully saturated rings. The Morgan fingerprint density at radius 1 is 1.14 bits per heavy atom. The normalized spacial score (nSPS) is 10.9. The second kappa shape index (κ2) is 5.47. The molecule has 1 N–H and O–H groups in total. The van der Waals surface area contributed by atoms with Crippen molar-refractivity contribution in [3.05, 3.63) is 40.9 Å². The van der Waals surface area contributed by atoms with Crippen molar-refractivity contribution in [1.82, 2.24) is 20.6 Å². The van der Waals surface area contributed by atoms with Gasteiger partial charge in [-0.05, 0) is 26.8 Å². The van der Waals surface area contributed by atoms with Gasteiger partial charge >= 0.3 is 0 Å². The summed E-state index contributed by atoms with van der Waals surface area (Å²) in [4.78, 5) is 16.2. The Kier molecular flexibility index (Phi) is 3.50. The summed E-state index contributed by atoms with van der Waals surface area (Å²) in [7, 11) is 0. The molecule has 0 bridgehead atoms. The molecule has 0 saturated carbocycles. The van der Waals surface area contributed by atoms with Crippen LogP contribution in [-0.2, 0) is 6.54 Å². The van der Waals surface area contributed by atoms with Gasteiger partial charge in [0.1, 0.15) is 17.3 Å². The van der Waals surface area contributed by atoms with Crippen LogP contribution in [0, 0.1) is 20.8 Å². The van der Waals surface area contributed by atoms with Crippen LogP contribution in [0.1, 0.15) is 33.5 Å². The molecule has 0 aromatic carbocycles. The van der Waals surface area contributed by atoms with E-state index in [9.17, 15) is 4.79 Å². The van der Waals surface area contributed by atoms with E-state index in [1.165, 1.54) is 0 Å². The van der Waals surface area contributed by atoms with Crippen LogP contribution in [0.2, 0.25) is 0 Å². The maximum Gasteiger partial charge on any atom is 0.255 e. The van der Waals surface area contributed by atoms with E-state index in [1.807, 2.05) is 0 Å². The Morgan fingerprint density at radius 3 is 2.59 bits per heavy atom. The first kappa shape index (κ1) is 14.1. The van der Waals surface area contributed by atoms with Gasteiger partial charge < -0.3 is 18.8 Å². The third-order valence-corrected chi connectivity index (χ3v) is 3.01. The molecule has 3 rings (SSSR count). The molecule has 114 valence electrons. The second-order valence-corrected chi connectivity index (χ2v) is 4.84. The van der Waals surface area contributed by atoms with Gasteiger partial charge in [-0.1, -0.05) is 10.3 Å². The number of carbonyl (C=O) groups is 1. The van der Waals surface area contributed by atoms with Crippen molar-refractivity contribution in [2.75, 3.05) is 0 Å². The number of aromatic nitrogens is 3. The van der Waals surface area contributed by atoms with Gasteiger partial charge in [0.25, 0.3) is 5.91 Å². The van der Waals surface area contributed by atoms with Crippen LogP contribution in [-0.4, -0.2) is 21.2 Å². The van der Waals surface area contributed by atoms with Gasteiger partial charge in [0.05, 0.1) is 12.1 Å². The number of carbonyl (C=O) groups excluding carboxylic acids is 1. The van der Waals surface area contributed by atoms with E-state index >= 15 is 0 Å².